The molecule has 0 aromatic heterocycles. The van der Waals surface area contributed by atoms with Crippen molar-refractivity contribution in [2.45, 2.75) is 4.90 Å². The van der Waals surface area contributed by atoms with E-state index in [-0.39, 0.29) is 15.6 Å². The van der Waals surface area contributed by atoms with Gasteiger partial charge in [0.1, 0.15) is 12.4 Å². The molecule has 1 N–H and O–H groups in total. The highest BCUT2D eigenvalue weighted by Gasteiger charge is 2.27. The highest BCUT2D eigenvalue weighted by molar-refractivity contribution is 7.92. The number of rotatable bonds is 6. The SMILES string of the molecule is O=C(CN(c1ccc(F)c(Cl)c1)S(=O)(=O)c1ccccc1)Nc1cccc(Cl)c1. The van der Waals surface area contributed by atoms with Crippen molar-refractivity contribution in [2.24, 2.45) is 0 Å². The molecule has 0 unspecified atom stereocenters. The zero-order valence-electron chi connectivity index (χ0n) is 14.8. The van der Waals surface area contributed by atoms with Crippen LogP contribution in [0.5, 0.6) is 0 Å². The predicted molar refractivity (Wildman–Crippen MR) is 112 cm³/mol. The van der Waals surface area contributed by atoms with Crippen LogP contribution in [0.4, 0.5) is 15.8 Å². The fourth-order valence-corrected chi connectivity index (χ4v) is 4.37. The van der Waals surface area contributed by atoms with Gasteiger partial charge in [-0.15, -0.1) is 0 Å². The monoisotopic (exact) mass is 452 g/mol. The van der Waals surface area contributed by atoms with Crippen molar-refractivity contribution in [2.75, 3.05) is 16.2 Å². The highest BCUT2D eigenvalue weighted by atomic mass is 35.5. The number of hydrogen-bond acceptors (Lipinski definition) is 3. The summed E-state index contributed by atoms with van der Waals surface area (Å²) in [5.41, 5.74) is 0.471. The predicted octanol–water partition coefficient (Wildman–Crippen LogP) is 4.97. The summed E-state index contributed by atoms with van der Waals surface area (Å²) in [6.07, 6.45) is 0. The minimum Gasteiger partial charge on any atom is -0.324 e. The number of sulfonamides is 1. The van der Waals surface area contributed by atoms with Crippen molar-refractivity contribution in [1.29, 1.82) is 0 Å². The van der Waals surface area contributed by atoms with E-state index >= 15 is 0 Å². The van der Waals surface area contributed by atoms with E-state index in [1.54, 1.807) is 36.4 Å². The zero-order valence-corrected chi connectivity index (χ0v) is 17.2. The number of nitrogens with zero attached hydrogens (tertiary/aromatic N) is 1. The molecule has 1 amide bonds. The van der Waals surface area contributed by atoms with E-state index < -0.39 is 28.3 Å². The van der Waals surface area contributed by atoms with Gasteiger partial charge in [-0.3, -0.25) is 9.10 Å². The maximum Gasteiger partial charge on any atom is 0.264 e. The summed E-state index contributed by atoms with van der Waals surface area (Å²) >= 11 is 11.7. The third-order valence-electron chi connectivity index (χ3n) is 3.92. The molecule has 0 radical (unpaired) electrons. The van der Waals surface area contributed by atoms with E-state index in [2.05, 4.69) is 5.32 Å². The van der Waals surface area contributed by atoms with Crippen molar-refractivity contribution in [3.05, 3.63) is 88.7 Å². The second-order valence-corrected chi connectivity index (χ2v) is 8.69. The van der Waals surface area contributed by atoms with E-state index in [9.17, 15) is 17.6 Å². The van der Waals surface area contributed by atoms with E-state index in [0.717, 1.165) is 16.4 Å². The van der Waals surface area contributed by atoms with Gasteiger partial charge in [0.2, 0.25) is 5.91 Å². The van der Waals surface area contributed by atoms with Gasteiger partial charge < -0.3 is 5.32 Å². The second-order valence-electron chi connectivity index (χ2n) is 5.98. The molecule has 3 rings (SSSR count). The smallest absolute Gasteiger partial charge is 0.264 e. The normalized spacial score (nSPS) is 11.1. The van der Waals surface area contributed by atoms with Gasteiger partial charge in [-0.2, -0.15) is 0 Å². The number of carbonyl (C=O) groups excluding carboxylic acids is 1. The number of carbonyl (C=O) groups is 1. The maximum absolute atomic E-state index is 13.6. The van der Waals surface area contributed by atoms with Crippen LogP contribution in [-0.2, 0) is 14.8 Å². The van der Waals surface area contributed by atoms with Gasteiger partial charge in [-0.25, -0.2) is 12.8 Å². The summed E-state index contributed by atoms with van der Waals surface area (Å²) in [6.45, 7) is -0.550. The van der Waals surface area contributed by atoms with Crippen LogP contribution >= 0.6 is 23.2 Å². The second kappa shape index (κ2) is 8.82. The number of hydrogen-bond donors (Lipinski definition) is 1. The lowest BCUT2D eigenvalue weighted by atomic mass is 10.3. The van der Waals surface area contributed by atoms with Crippen molar-refractivity contribution in [3.8, 4) is 0 Å². The number of nitrogens with one attached hydrogen (secondary N) is 1. The minimum atomic E-state index is -4.11. The first kappa shape index (κ1) is 21.1. The Bertz CT molecular complexity index is 1140. The standard InChI is InChI=1S/C20H15Cl2FN2O3S/c21-14-5-4-6-15(11-14)24-20(26)13-25(16-9-10-19(23)18(22)12-16)29(27,28)17-7-2-1-3-8-17/h1-12H,13H2,(H,24,26). The van der Waals surface area contributed by atoms with Crippen molar-refractivity contribution in [1.82, 2.24) is 0 Å². The molecule has 0 saturated carbocycles. The molecule has 3 aromatic carbocycles. The van der Waals surface area contributed by atoms with Crippen LogP contribution in [0.1, 0.15) is 0 Å². The summed E-state index contributed by atoms with van der Waals surface area (Å²) in [7, 11) is -4.11. The van der Waals surface area contributed by atoms with E-state index in [1.165, 1.54) is 24.3 Å². The van der Waals surface area contributed by atoms with Gasteiger partial charge in [-0.05, 0) is 48.5 Å². The zero-order chi connectivity index (χ0) is 21.0. The van der Waals surface area contributed by atoms with Gasteiger partial charge in [-0.1, -0.05) is 47.5 Å². The molecule has 0 aliphatic rings. The maximum atomic E-state index is 13.6. The number of amides is 1. The van der Waals surface area contributed by atoms with E-state index in [4.69, 9.17) is 23.2 Å². The van der Waals surface area contributed by atoms with Gasteiger partial charge in [0.05, 0.1) is 15.6 Å². The first-order valence-electron chi connectivity index (χ1n) is 8.35. The number of benzene rings is 3. The molecule has 0 spiro atoms. The first-order valence-corrected chi connectivity index (χ1v) is 10.6. The molecule has 150 valence electrons. The number of anilines is 2. The highest BCUT2D eigenvalue weighted by Crippen LogP contribution is 2.28. The molecule has 29 heavy (non-hydrogen) atoms. The van der Waals surface area contributed by atoms with E-state index in [0.29, 0.717) is 10.7 Å². The lowest BCUT2D eigenvalue weighted by Gasteiger charge is -2.24. The fourth-order valence-electron chi connectivity index (χ4n) is 2.57. The number of halogens is 3. The summed E-state index contributed by atoms with van der Waals surface area (Å²) in [4.78, 5) is 12.6. The largest absolute Gasteiger partial charge is 0.324 e. The van der Waals surface area contributed by atoms with Crippen LogP contribution in [0.15, 0.2) is 77.7 Å². The molecule has 0 fully saturated rings. The molecule has 0 bridgehead atoms. The Balaban J connectivity index is 1.96. The quantitative estimate of drug-likeness (QED) is 0.574. The van der Waals surface area contributed by atoms with Crippen LogP contribution in [0.25, 0.3) is 0 Å². The molecular weight excluding hydrogens is 438 g/mol. The lowest BCUT2D eigenvalue weighted by Crippen LogP contribution is -2.38. The van der Waals surface area contributed by atoms with Gasteiger partial charge >= 0.3 is 0 Å². The van der Waals surface area contributed by atoms with Gasteiger partial charge in [0.25, 0.3) is 10.0 Å². The van der Waals surface area contributed by atoms with Gasteiger partial charge in [0, 0.05) is 10.7 Å². The summed E-state index contributed by atoms with van der Waals surface area (Å²) < 4.78 is 40.8. The topological polar surface area (TPSA) is 66.5 Å². The fraction of sp³-hybridized carbons (Fsp3) is 0.0500. The minimum absolute atomic E-state index is 0.0176. The molecule has 0 aliphatic heterocycles. The molecule has 0 heterocycles. The molecule has 3 aromatic rings. The Kier molecular flexibility index (Phi) is 6.42. The van der Waals surface area contributed by atoms with Crippen molar-refractivity contribution < 1.29 is 17.6 Å². The molecule has 0 aliphatic carbocycles. The summed E-state index contributed by atoms with van der Waals surface area (Å²) in [6, 6.07) is 17.5. The van der Waals surface area contributed by atoms with Crippen molar-refractivity contribution >= 4 is 50.5 Å². The third-order valence-corrected chi connectivity index (χ3v) is 6.23. The van der Waals surface area contributed by atoms with Crippen LogP contribution in [0.2, 0.25) is 10.0 Å². The molecule has 9 heteroatoms. The molecule has 0 saturated heterocycles. The Morgan fingerprint density at radius 1 is 0.966 bits per heavy atom. The average Bonchev–Trinajstić information content (AvgIpc) is 2.69. The first-order chi connectivity index (χ1) is 13.8. The van der Waals surface area contributed by atoms with Crippen LogP contribution in [-0.4, -0.2) is 20.9 Å². The summed E-state index contributed by atoms with van der Waals surface area (Å²) in [5.74, 6) is -1.30. The molecular formula is C20H15Cl2FN2O3S. The average molecular weight is 453 g/mol. The summed E-state index contributed by atoms with van der Waals surface area (Å²) in [5, 5.41) is 2.76. The van der Waals surface area contributed by atoms with Crippen molar-refractivity contribution in [3.63, 3.8) is 0 Å². The third kappa shape index (κ3) is 5.06. The lowest BCUT2D eigenvalue weighted by molar-refractivity contribution is -0.114. The van der Waals surface area contributed by atoms with Gasteiger partial charge in [0.15, 0.2) is 0 Å². The Hall–Kier alpha value is -2.61. The van der Waals surface area contributed by atoms with Crippen LogP contribution < -0.4 is 9.62 Å². The molecule has 0 atom stereocenters. The Morgan fingerprint density at radius 3 is 2.34 bits per heavy atom. The molecule has 5 nitrogen and oxygen atoms in total. The van der Waals surface area contributed by atoms with Crippen LogP contribution in [0, 0.1) is 5.82 Å². The Labute approximate surface area is 177 Å². The van der Waals surface area contributed by atoms with Crippen LogP contribution in [0.3, 0.4) is 0 Å². The van der Waals surface area contributed by atoms with E-state index in [1.807, 2.05) is 0 Å². The Morgan fingerprint density at radius 2 is 1.69 bits per heavy atom.